The fourth-order valence-corrected chi connectivity index (χ4v) is 6.54. The Hall–Kier alpha value is -3.52. The second-order valence-electron chi connectivity index (χ2n) is 11.5. The highest BCUT2D eigenvalue weighted by molar-refractivity contribution is 5.97. The van der Waals surface area contributed by atoms with Crippen molar-refractivity contribution in [2.45, 2.75) is 51.5 Å². The van der Waals surface area contributed by atoms with Gasteiger partial charge in [-0.25, -0.2) is 8.78 Å². The lowest BCUT2D eigenvalue weighted by Gasteiger charge is -2.32. The van der Waals surface area contributed by atoms with E-state index in [-0.39, 0.29) is 18.0 Å². The topological polar surface area (TPSA) is 58.8 Å². The number of aromatic nitrogens is 2. The normalized spacial score (nSPS) is 17.2. The molecule has 4 heterocycles. The molecule has 8 heteroatoms. The maximum Gasteiger partial charge on any atom is 0.275 e. The second-order valence-corrected chi connectivity index (χ2v) is 11.5. The molecule has 0 radical (unpaired) electrons. The van der Waals surface area contributed by atoms with E-state index in [4.69, 9.17) is 0 Å². The van der Waals surface area contributed by atoms with Crippen LogP contribution >= 0.6 is 0 Å². The van der Waals surface area contributed by atoms with Gasteiger partial charge in [0.05, 0.1) is 17.6 Å². The molecule has 2 aliphatic rings. The summed E-state index contributed by atoms with van der Waals surface area (Å²) in [5.41, 5.74) is 2.58. The number of fused-ring (bicyclic) bond motifs is 3. The standard InChI is InChI=1S/C32H36F2N4O2/c33-26-8-6-24(19-27(26)34)21-38-30-20-25(7-9-28(30)37-16-2-5-29(37)32(38)40)31(39)36-17-12-23(13-18-36)4-1-3-22-10-14-35-15-11-22/h2,5-9,16,19-20,22-23,35H,1,3-4,10-15,17-18,21H2. The molecule has 2 fully saturated rings. The van der Waals surface area contributed by atoms with E-state index in [1.54, 1.807) is 22.8 Å². The van der Waals surface area contributed by atoms with Gasteiger partial charge in [0, 0.05) is 24.8 Å². The highest BCUT2D eigenvalue weighted by Crippen LogP contribution is 2.27. The van der Waals surface area contributed by atoms with Crippen LogP contribution in [0.15, 0.2) is 59.5 Å². The number of rotatable bonds is 7. The minimum Gasteiger partial charge on any atom is -0.339 e. The van der Waals surface area contributed by atoms with Crippen LogP contribution in [0.5, 0.6) is 0 Å². The highest BCUT2D eigenvalue weighted by Gasteiger charge is 2.25. The third-order valence-corrected chi connectivity index (χ3v) is 8.90. The monoisotopic (exact) mass is 546 g/mol. The minimum atomic E-state index is -0.954. The fraction of sp³-hybridized carbons (Fsp3) is 0.438. The van der Waals surface area contributed by atoms with E-state index in [1.165, 1.54) is 38.2 Å². The van der Waals surface area contributed by atoms with Gasteiger partial charge in [-0.2, -0.15) is 0 Å². The van der Waals surface area contributed by atoms with E-state index in [0.29, 0.717) is 28.1 Å². The second kappa shape index (κ2) is 11.5. The number of carbonyl (C=O) groups excluding carboxylic acids is 1. The summed E-state index contributed by atoms with van der Waals surface area (Å²) in [6.07, 6.45) is 10.3. The zero-order valence-electron chi connectivity index (χ0n) is 22.8. The molecule has 0 saturated carbocycles. The summed E-state index contributed by atoms with van der Waals surface area (Å²) in [5.74, 6) is -0.381. The smallest absolute Gasteiger partial charge is 0.275 e. The van der Waals surface area contributed by atoms with Crippen molar-refractivity contribution in [1.82, 2.24) is 19.2 Å². The van der Waals surface area contributed by atoms with Crippen molar-refractivity contribution in [3.8, 4) is 0 Å². The van der Waals surface area contributed by atoms with E-state index in [2.05, 4.69) is 5.32 Å². The Labute approximate surface area is 232 Å². The Morgan fingerprint density at radius 2 is 1.60 bits per heavy atom. The van der Waals surface area contributed by atoms with Crippen molar-refractivity contribution >= 4 is 22.5 Å². The molecular weight excluding hydrogens is 510 g/mol. The summed E-state index contributed by atoms with van der Waals surface area (Å²) in [6, 6.07) is 12.6. The number of piperidine rings is 2. The van der Waals surface area contributed by atoms with E-state index in [0.717, 1.165) is 62.6 Å². The van der Waals surface area contributed by atoms with Crippen LogP contribution < -0.4 is 10.9 Å². The van der Waals surface area contributed by atoms with Gasteiger partial charge in [-0.05, 0) is 98.6 Å². The van der Waals surface area contributed by atoms with Gasteiger partial charge in [-0.15, -0.1) is 0 Å². The van der Waals surface area contributed by atoms with Crippen LogP contribution in [-0.2, 0) is 6.54 Å². The van der Waals surface area contributed by atoms with E-state index < -0.39 is 11.6 Å². The fourth-order valence-electron chi connectivity index (χ4n) is 6.54. The summed E-state index contributed by atoms with van der Waals surface area (Å²) in [4.78, 5) is 28.9. The third-order valence-electron chi connectivity index (χ3n) is 8.90. The molecule has 1 amide bonds. The first-order valence-electron chi connectivity index (χ1n) is 14.6. The van der Waals surface area contributed by atoms with Gasteiger partial charge in [0.2, 0.25) is 0 Å². The summed E-state index contributed by atoms with van der Waals surface area (Å²) in [5, 5.41) is 3.44. The van der Waals surface area contributed by atoms with Crippen molar-refractivity contribution in [2.24, 2.45) is 11.8 Å². The molecule has 2 aromatic carbocycles. The molecule has 40 heavy (non-hydrogen) atoms. The summed E-state index contributed by atoms with van der Waals surface area (Å²) < 4.78 is 30.8. The lowest BCUT2D eigenvalue weighted by molar-refractivity contribution is 0.0685. The van der Waals surface area contributed by atoms with Crippen molar-refractivity contribution in [3.63, 3.8) is 0 Å². The van der Waals surface area contributed by atoms with Crippen molar-refractivity contribution < 1.29 is 13.6 Å². The first-order chi connectivity index (χ1) is 19.5. The van der Waals surface area contributed by atoms with Gasteiger partial charge in [0.1, 0.15) is 5.52 Å². The van der Waals surface area contributed by atoms with Crippen LogP contribution in [-0.4, -0.2) is 46.0 Å². The van der Waals surface area contributed by atoms with Crippen LogP contribution in [0.2, 0.25) is 0 Å². The van der Waals surface area contributed by atoms with Crippen LogP contribution in [0.25, 0.3) is 16.6 Å². The zero-order chi connectivity index (χ0) is 27.6. The van der Waals surface area contributed by atoms with Gasteiger partial charge in [-0.3, -0.25) is 9.59 Å². The maximum atomic E-state index is 13.9. The molecule has 0 unspecified atom stereocenters. The molecule has 6 nitrogen and oxygen atoms in total. The number of halogens is 2. The molecule has 2 aromatic heterocycles. The zero-order valence-corrected chi connectivity index (χ0v) is 22.8. The predicted molar refractivity (Wildman–Crippen MR) is 153 cm³/mol. The molecule has 0 atom stereocenters. The number of nitrogens with one attached hydrogen (secondary N) is 1. The number of hydrogen-bond acceptors (Lipinski definition) is 3. The van der Waals surface area contributed by atoms with E-state index in [1.807, 2.05) is 27.6 Å². The van der Waals surface area contributed by atoms with E-state index >= 15 is 0 Å². The molecular formula is C32H36F2N4O2. The Balaban J connectivity index is 1.19. The number of hydrogen-bond donors (Lipinski definition) is 1. The number of amides is 1. The van der Waals surface area contributed by atoms with Crippen molar-refractivity contribution in [2.75, 3.05) is 26.2 Å². The quantitative estimate of drug-likeness (QED) is 0.328. The Kier molecular flexibility index (Phi) is 7.69. The Morgan fingerprint density at radius 1 is 0.850 bits per heavy atom. The molecule has 0 aliphatic carbocycles. The van der Waals surface area contributed by atoms with Crippen LogP contribution in [0.3, 0.4) is 0 Å². The maximum absolute atomic E-state index is 13.9. The molecule has 0 bridgehead atoms. The van der Waals surface area contributed by atoms with Gasteiger partial charge in [0.15, 0.2) is 11.6 Å². The molecule has 4 aromatic rings. The average molecular weight is 547 g/mol. The van der Waals surface area contributed by atoms with Crippen LogP contribution in [0, 0.1) is 23.5 Å². The summed E-state index contributed by atoms with van der Waals surface area (Å²) in [6.45, 7) is 3.85. The molecule has 2 saturated heterocycles. The molecule has 0 spiro atoms. The first kappa shape index (κ1) is 26.7. The third kappa shape index (κ3) is 5.42. The van der Waals surface area contributed by atoms with Gasteiger partial charge in [0.25, 0.3) is 11.5 Å². The molecule has 1 N–H and O–H groups in total. The first-order valence-corrected chi connectivity index (χ1v) is 14.6. The molecule has 6 rings (SSSR count). The lowest BCUT2D eigenvalue weighted by Crippen LogP contribution is -2.38. The van der Waals surface area contributed by atoms with Crippen molar-refractivity contribution in [3.05, 3.63) is 87.8 Å². The van der Waals surface area contributed by atoms with Crippen LogP contribution in [0.1, 0.15) is 60.9 Å². The number of likely N-dealkylation sites (tertiary alicyclic amines) is 1. The highest BCUT2D eigenvalue weighted by atomic mass is 19.2. The number of nitrogens with zero attached hydrogens (tertiary/aromatic N) is 3. The van der Waals surface area contributed by atoms with E-state index in [9.17, 15) is 18.4 Å². The van der Waals surface area contributed by atoms with Gasteiger partial charge in [-0.1, -0.05) is 25.3 Å². The van der Waals surface area contributed by atoms with Crippen LogP contribution in [0.4, 0.5) is 8.78 Å². The number of benzene rings is 2. The predicted octanol–water partition coefficient (Wildman–Crippen LogP) is 5.60. The molecule has 2 aliphatic heterocycles. The SMILES string of the molecule is O=C(c1ccc2c(c1)n(Cc1ccc(F)c(F)c1)c(=O)c1cccn12)N1CCC(CCCC2CCNCC2)CC1. The number of carbonyl (C=O) groups is 1. The van der Waals surface area contributed by atoms with Crippen molar-refractivity contribution in [1.29, 1.82) is 0 Å². The van der Waals surface area contributed by atoms with Gasteiger partial charge >= 0.3 is 0 Å². The minimum absolute atomic E-state index is 0.0329. The largest absolute Gasteiger partial charge is 0.339 e. The summed E-state index contributed by atoms with van der Waals surface area (Å²) in [7, 11) is 0. The lowest BCUT2D eigenvalue weighted by atomic mass is 9.87. The Morgan fingerprint density at radius 3 is 2.35 bits per heavy atom. The Bertz CT molecular complexity index is 1580. The van der Waals surface area contributed by atoms with Gasteiger partial charge < -0.3 is 19.2 Å². The molecule has 210 valence electrons. The summed E-state index contributed by atoms with van der Waals surface area (Å²) >= 11 is 0. The average Bonchev–Trinajstić information content (AvgIpc) is 3.48.